The second kappa shape index (κ2) is 6.70. The Morgan fingerprint density at radius 1 is 1.29 bits per heavy atom. The fraction of sp³-hybridized carbons (Fsp3) is 0.500. The highest BCUT2D eigenvalue weighted by molar-refractivity contribution is 8.00. The van der Waals surface area contributed by atoms with Gasteiger partial charge in [0.25, 0.3) is 0 Å². The van der Waals surface area contributed by atoms with Crippen LogP contribution in [-0.4, -0.2) is 17.2 Å². The summed E-state index contributed by atoms with van der Waals surface area (Å²) >= 11 is 1.60. The first-order valence-electron chi connectivity index (χ1n) is 6.06. The van der Waals surface area contributed by atoms with Gasteiger partial charge < -0.3 is 5.32 Å². The van der Waals surface area contributed by atoms with Gasteiger partial charge in [0.15, 0.2) is 0 Å². The van der Waals surface area contributed by atoms with Crippen LogP contribution in [0, 0.1) is 6.92 Å². The summed E-state index contributed by atoms with van der Waals surface area (Å²) in [7, 11) is 0. The number of hydrogen-bond donors (Lipinski definition) is 1. The Morgan fingerprint density at radius 3 is 2.41 bits per heavy atom. The molecule has 94 valence electrons. The maximum absolute atomic E-state index is 11.9. The van der Waals surface area contributed by atoms with E-state index < -0.39 is 0 Å². The SMILES string of the molecule is CC[C@H](C)NC(=O)[C@@H](C)Sc1ccc(C)cc1. The fourth-order valence-corrected chi connectivity index (χ4v) is 2.21. The molecule has 0 saturated heterocycles. The van der Waals surface area contributed by atoms with E-state index in [-0.39, 0.29) is 17.2 Å². The number of benzene rings is 1. The molecule has 0 aliphatic carbocycles. The standard InChI is InChI=1S/C14H21NOS/c1-5-11(3)15-14(16)12(4)17-13-8-6-10(2)7-9-13/h6-9,11-12H,5H2,1-4H3,(H,15,16)/t11-,12+/m0/s1. The summed E-state index contributed by atoms with van der Waals surface area (Å²) in [5, 5.41) is 2.95. The first-order chi connectivity index (χ1) is 8.02. The lowest BCUT2D eigenvalue weighted by Gasteiger charge is -2.16. The second-order valence-electron chi connectivity index (χ2n) is 4.39. The Hall–Kier alpha value is -0.960. The molecule has 0 aliphatic rings. The van der Waals surface area contributed by atoms with Gasteiger partial charge in [-0.05, 0) is 39.3 Å². The molecule has 17 heavy (non-hydrogen) atoms. The normalized spacial score (nSPS) is 14.1. The fourth-order valence-electron chi connectivity index (χ4n) is 1.34. The Balaban J connectivity index is 2.51. The minimum atomic E-state index is -0.0493. The van der Waals surface area contributed by atoms with E-state index in [0.717, 1.165) is 11.3 Å². The van der Waals surface area contributed by atoms with Gasteiger partial charge in [-0.1, -0.05) is 24.6 Å². The third kappa shape index (κ3) is 4.82. The Kier molecular flexibility index (Phi) is 5.56. The van der Waals surface area contributed by atoms with Crippen LogP contribution in [-0.2, 0) is 4.79 Å². The zero-order valence-electron chi connectivity index (χ0n) is 11.0. The van der Waals surface area contributed by atoms with Gasteiger partial charge in [-0.15, -0.1) is 11.8 Å². The average molecular weight is 251 g/mol. The third-order valence-corrected chi connectivity index (χ3v) is 3.82. The zero-order chi connectivity index (χ0) is 12.8. The predicted octanol–water partition coefficient (Wildman–Crippen LogP) is 3.39. The summed E-state index contributed by atoms with van der Waals surface area (Å²) in [6.45, 7) is 8.11. The lowest BCUT2D eigenvalue weighted by atomic mass is 10.2. The topological polar surface area (TPSA) is 29.1 Å². The molecule has 0 fully saturated rings. The molecular formula is C14H21NOS. The first-order valence-corrected chi connectivity index (χ1v) is 6.94. The summed E-state index contributed by atoms with van der Waals surface area (Å²) in [6.07, 6.45) is 0.966. The molecule has 2 atom stereocenters. The Labute approximate surface area is 108 Å². The molecule has 1 aromatic rings. The van der Waals surface area contributed by atoms with Crippen LogP contribution in [0.3, 0.4) is 0 Å². The number of aryl methyl sites for hydroxylation is 1. The lowest BCUT2D eigenvalue weighted by Crippen LogP contribution is -2.37. The van der Waals surface area contributed by atoms with Crippen molar-refractivity contribution in [2.75, 3.05) is 0 Å². The number of rotatable bonds is 5. The molecule has 0 aliphatic heterocycles. The zero-order valence-corrected chi connectivity index (χ0v) is 11.8. The molecule has 2 nitrogen and oxygen atoms in total. The number of nitrogens with one attached hydrogen (secondary N) is 1. The van der Waals surface area contributed by atoms with Gasteiger partial charge in [-0.25, -0.2) is 0 Å². The first kappa shape index (κ1) is 14.1. The van der Waals surface area contributed by atoms with Crippen molar-refractivity contribution in [3.63, 3.8) is 0 Å². The Bertz CT molecular complexity index is 361. The molecule has 3 heteroatoms. The van der Waals surface area contributed by atoms with Crippen LogP contribution in [0.5, 0.6) is 0 Å². The number of hydrogen-bond acceptors (Lipinski definition) is 2. The van der Waals surface area contributed by atoms with Crippen LogP contribution >= 0.6 is 11.8 Å². The van der Waals surface area contributed by atoms with E-state index in [1.807, 2.05) is 13.8 Å². The van der Waals surface area contributed by atoms with E-state index in [4.69, 9.17) is 0 Å². The smallest absolute Gasteiger partial charge is 0.233 e. The minimum Gasteiger partial charge on any atom is -0.353 e. The predicted molar refractivity (Wildman–Crippen MR) is 74.4 cm³/mol. The largest absolute Gasteiger partial charge is 0.353 e. The van der Waals surface area contributed by atoms with Crippen molar-refractivity contribution < 1.29 is 4.79 Å². The quantitative estimate of drug-likeness (QED) is 0.813. The molecule has 1 rings (SSSR count). The van der Waals surface area contributed by atoms with Gasteiger partial charge in [0.05, 0.1) is 5.25 Å². The molecule has 0 saturated carbocycles. The molecule has 0 heterocycles. The summed E-state index contributed by atoms with van der Waals surface area (Å²) < 4.78 is 0. The van der Waals surface area contributed by atoms with E-state index in [9.17, 15) is 4.79 Å². The molecule has 1 N–H and O–H groups in total. The molecule has 0 radical (unpaired) electrons. The van der Waals surface area contributed by atoms with Crippen LogP contribution < -0.4 is 5.32 Å². The number of thioether (sulfide) groups is 1. The molecule has 0 spiro atoms. The van der Waals surface area contributed by atoms with E-state index in [1.165, 1.54) is 5.56 Å². The van der Waals surface area contributed by atoms with Crippen molar-refractivity contribution in [3.05, 3.63) is 29.8 Å². The average Bonchev–Trinajstić information content (AvgIpc) is 2.31. The summed E-state index contributed by atoms with van der Waals surface area (Å²) in [5.41, 5.74) is 1.24. The highest BCUT2D eigenvalue weighted by Gasteiger charge is 2.15. The molecule has 1 amide bonds. The second-order valence-corrected chi connectivity index (χ2v) is 5.81. The van der Waals surface area contributed by atoms with Crippen molar-refractivity contribution in [2.24, 2.45) is 0 Å². The molecule has 0 bridgehead atoms. The summed E-state index contributed by atoms with van der Waals surface area (Å²) in [6, 6.07) is 8.52. The van der Waals surface area contributed by atoms with Gasteiger partial charge in [0.2, 0.25) is 5.91 Å². The highest BCUT2D eigenvalue weighted by Crippen LogP contribution is 2.23. The maximum atomic E-state index is 11.9. The van der Waals surface area contributed by atoms with Crippen LogP contribution in [0.1, 0.15) is 32.8 Å². The van der Waals surface area contributed by atoms with Crippen molar-refractivity contribution in [1.82, 2.24) is 5.32 Å². The number of amides is 1. The van der Waals surface area contributed by atoms with Gasteiger partial charge in [0, 0.05) is 10.9 Å². The summed E-state index contributed by atoms with van der Waals surface area (Å²) in [5.74, 6) is 0.116. The molecule has 1 aromatic carbocycles. The van der Waals surface area contributed by atoms with Crippen LogP contribution in [0.15, 0.2) is 29.2 Å². The van der Waals surface area contributed by atoms with Crippen LogP contribution in [0.4, 0.5) is 0 Å². The third-order valence-electron chi connectivity index (χ3n) is 2.70. The summed E-state index contributed by atoms with van der Waals surface area (Å²) in [4.78, 5) is 13.0. The van der Waals surface area contributed by atoms with Crippen molar-refractivity contribution in [2.45, 2.75) is 50.3 Å². The van der Waals surface area contributed by atoms with Gasteiger partial charge in [0.1, 0.15) is 0 Å². The lowest BCUT2D eigenvalue weighted by molar-refractivity contribution is -0.120. The van der Waals surface area contributed by atoms with Crippen molar-refractivity contribution in [1.29, 1.82) is 0 Å². The highest BCUT2D eigenvalue weighted by atomic mass is 32.2. The maximum Gasteiger partial charge on any atom is 0.233 e. The molecular weight excluding hydrogens is 230 g/mol. The van der Waals surface area contributed by atoms with E-state index >= 15 is 0 Å². The molecule has 0 aromatic heterocycles. The monoisotopic (exact) mass is 251 g/mol. The Morgan fingerprint density at radius 2 is 1.88 bits per heavy atom. The minimum absolute atomic E-state index is 0.0493. The number of carbonyl (C=O) groups is 1. The van der Waals surface area contributed by atoms with E-state index in [2.05, 4.69) is 43.4 Å². The van der Waals surface area contributed by atoms with Crippen molar-refractivity contribution in [3.8, 4) is 0 Å². The van der Waals surface area contributed by atoms with Crippen LogP contribution in [0.25, 0.3) is 0 Å². The number of carbonyl (C=O) groups excluding carboxylic acids is 1. The van der Waals surface area contributed by atoms with E-state index in [1.54, 1.807) is 11.8 Å². The van der Waals surface area contributed by atoms with Gasteiger partial charge >= 0.3 is 0 Å². The van der Waals surface area contributed by atoms with Gasteiger partial charge in [-0.3, -0.25) is 4.79 Å². The van der Waals surface area contributed by atoms with Gasteiger partial charge in [-0.2, -0.15) is 0 Å². The van der Waals surface area contributed by atoms with Crippen molar-refractivity contribution >= 4 is 17.7 Å². The van der Waals surface area contributed by atoms with E-state index in [0.29, 0.717) is 0 Å². The van der Waals surface area contributed by atoms with Crippen LogP contribution in [0.2, 0.25) is 0 Å². The molecule has 0 unspecified atom stereocenters.